The molecule has 7 heteroatoms. The van der Waals surface area contributed by atoms with E-state index in [0.717, 1.165) is 0 Å². The van der Waals surface area contributed by atoms with Crippen molar-refractivity contribution in [2.45, 2.75) is 25.3 Å². The number of carbonyl (C=O) groups excluding carboxylic acids is 1. The van der Waals surface area contributed by atoms with Crippen LogP contribution in [0.5, 0.6) is 0 Å². The highest BCUT2D eigenvalue weighted by molar-refractivity contribution is 9.10. The molecule has 1 aromatic rings. The van der Waals surface area contributed by atoms with Crippen LogP contribution in [0.1, 0.15) is 24.4 Å². The molecule has 0 aromatic carbocycles. The summed E-state index contributed by atoms with van der Waals surface area (Å²) in [6.07, 6.45) is 0. The molecule has 1 aliphatic heterocycles. The first-order valence-corrected chi connectivity index (χ1v) is 7.68. The number of rotatable bonds is 3. The summed E-state index contributed by atoms with van der Waals surface area (Å²) in [5, 5.41) is 9.10. The molecule has 1 fully saturated rings. The SMILES string of the molecule is CC(C)C1SCC(C(=O)O)N1C(=O)c1ccc(Br)o1. The van der Waals surface area contributed by atoms with E-state index in [4.69, 9.17) is 4.42 Å². The van der Waals surface area contributed by atoms with Gasteiger partial charge in [0.25, 0.3) is 5.91 Å². The van der Waals surface area contributed by atoms with Gasteiger partial charge in [-0.3, -0.25) is 4.79 Å². The Morgan fingerprint density at radius 3 is 2.68 bits per heavy atom. The second kappa shape index (κ2) is 5.58. The van der Waals surface area contributed by atoms with Crippen LogP contribution in [0, 0.1) is 5.92 Å². The topological polar surface area (TPSA) is 70.8 Å². The second-order valence-electron chi connectivity index (χ2n) is 4.64. The fourth-order valence-electron chi connectivity index (χ4n) is 2.05. The van der Waals surface area contributed by atoms with Crippen LogP contribution in [0.15, 0.2) is 21.2 Å². The molecule has 5 nitrogen and oxygen atoms in total. The first-order valence-electron chi connectivity index (χ1n) is 5.84. The number of hydrogen-bond acceptors (Lipinski definition) is 4. The lowest BCUT2D eigenvalue weighted by atomic mass is 10.1. The number of amides is 1. The summed E-state index contributed by atoms with van der Waals surface area (Å²) in [7, 11) is 0. The van der Waals surface area contributed by atoms with Gasteiger partial charge in [-0.25, -0.2) is 4.79 Å². The van der Waals surface area contributed by atoms with Crippen molar-refractivity contribution in [3.8, 4) is 0 Å². The Labute approximate surface area is 123 Å². The molecule has 2 heterocycles. The van der Waals surface area contributed by atoms with Crippen LogP contribution < -0.4 is 0 Å². The van der Waals surface area contributed by atoms with Gasteiger partial charge in [-0.05, 0) is 34.0 Å². The summed E-state index contributed by atoms with van der Waals surface area (Å²) in [6.45, 7) is 3.94. The van der Waals surface area contributed by atoms with Crippen molar-refractivity contribution in [1.82, 2.24) is 4.90 Å². The number of nitrogens with zero attached hydrogens (tertiary/aromatic N) is 1. The molecule has 1 aromatic heterocycles. The molecule has 0 saturated carbocycles. The first kappa shape index (κ1) is 14.5. The standard InChI is InChI=1S/C12H14BrNO4S/c1-6(2)11-14(7(5-19-11)12(16)17)10(15)8-3-4-9(13)18-8/h3-4,6-7,11H,5H2,1-2H3,(H,16,17). The molecule has 2 unspecified atom stereocenters. The zero-order valence-corrected chi connectivity index (χ0v) is 12.9. The molecule has 0 bridgehead atoms. The summed E-state index contributed by atoms with van der Waals surface area (Å²) in [6, 6.07) is 2.37. The van der Waals surface area contributed by atoms with Crippen molar-refractivity contribution in [2.24, 2.45) is 5.92 Å². The fourth-order valence-corrected chi connectivity index (χ4v) is 3.82. The molecule has 2 rings (SSSR count). The van der Waals surface area contributed by atoms with Crippen LogP contribution in [0.4, 0.5) is 0 Å². The Bertz CT molecular complexity index is 502. The van der Waals surface area contributed by atoms with Gasteiger partial charge in [0.2, 0.25) is 0 Å². The van der Waals surface area contributed by atoms with Gasteiger partial charge < -0.3 is 14.4 Å². The molecule has 2 atom stereocenters. The average Bonchev–Trinajstić information content (AvgIpc) is 2.93. The van der Waals surface area contributed by atoms with E-state index >= 15 is 0 Å². The van der Waals surface area contributed by atoms with E-state index in [1.165, 1.54) is 16.7 Å². The third-order valence-electron chi connectivity index (χ3n) is 2.91. The molecule has 0 radical (unpaired) electrons. The van der Waals surface area contributed by atoms with Crippen LogP contribution >= 0.6 is 27.7 Å². The van der Waals surface area contributed by atoms with Crippen LogP contribution in [0.25, 0.3) is 0 Å². The number of carboxylic acid groups (broad SMARTS) is 1. The van der Waals surface area contributed by atoms with Crippen LogP contribution in [-0.4, -0.2) is 39.1 Å². The van der Waals surface area contributed by atoms with E-state index in [0.29, 0.717) is 10.4 Å². The van der Waals surface area contributed by atoms with Gasteiger partial charge in [-0.15, -0.1) is 11.8 Å². The van der Waals surface area contributed by atoms with Gasteiger partial charge in [0.05, 0.1) is 5.37 Å². The predicted molar refractivity (Wildman–Crippen MR) is 75.1 cm³/mol. The van der Waals surface area contributed by atoms with Crippen molar-refractivity contribution in [1.29, 1.82) is 0 Å². The number of hydrogen-bond donors (Lipinski definition) is 1. The van der Waals surface area contributed by atoms with Crippen molar-refractivity contribution < 1.29 is 19.1 Å². The van der Waals surface area contributed by atoms with Gasteiger partial charge in [-0.1, -0.05) is 13.8 Å². The van der Waals surface area contributed by atoms with Crippen molar-refractivity contribution in [3.63, 3.8) is 0 Å². The minimum Gasteiger partial charge on any atom is -0.480 e. The van der Waals surface area contributed by atoms with E-state index in [-0.39, 0.29) is 23.0 Å². The number of furan rings is 1. The monoisotopic (exact) mass is 347 g/mol. The largest absolute Gasteiger partial charge is 0.480 e. The molecule has 1 aliphatic rings. The summed E-state index contributed by atoms with van der Waals surface area (Å²) < 4.78 is 5.69. The van der Waals surface area contributed by atoms with Crippen LogP contribution in [-0.2, 0) is 4.79 Å². The third kappa shape index (κ3) is 2.81. The van der Waals surface area contributed by atoms with Gasteiger partial charge in [-0.2, -0.15) is 0 Å². The Morgan fingerprint density at radius 1 is 1.53 bits per heavy atom. The maximum atomic E-state index is 12.4. The maximum absolute atomic E-state index is 12.4. The Balaban J connectivity index is 2.30. The average molecular weight is 348 g/mol. The molecule has 0 spiro atoms. The lowest BCUT2D eigenvalue weighted by molar-refractivity contribution is -0.141. The van der Waals surface area contributed by atoms with E-state index in [1.807, 2.05) is 13.8 Å². The molecule has 1 amide bonds. The van der Waals surface area contributed by atoms with Gasteiger partial charge in [0, 0.05) is 5.75 Å². The lowest BCUT2D eigenvalue weighted by Crippen LogP contribution is -2.47. The minimum atomic E-state index is -0.977. The van der Waals surface area contributed by atoms with E-state index in [1.54, 1.807) is 12.1 Å². The maximum Gasteiger partial charge on any atom is 0.327 e. The molecular weight excluding hydrogens is 334 g/mol. The molecule has 1 saturated heterocycles. The molecule has 19 heavy (non-hydrogen) atoms. The zero-order valence-electron chi connectivity index (χ0n) is 10.5. The van der Waals surface area contributed by atoms with Crippen molar-refractivity contribution in [3.05, 3.63) is 22.6 Å². The summed E-state index contributed by atoms with van der Waals surface area (Å²) in [5.41, 5.74) is 0. The van der Waals surface area contributed by atoms with Crippen molar-refractivity contribution in [2.75, 3.05) is 5.75 Å². The number of thioether (sulfide) groups is 1. The Hall–Kier alpha value is -0.950. The zero-order chi connectivity index (χ0) is 14.2. The Morgan fingerprint density at radius 2 is 2.21 bits per heavy atom. The number of aliphatic carboxylic acids is 1. The van der Waals surface area contributed by atoms with Crippen molar-refractivity contribution >= 4 is 39.6 Å². The summed E-state index contributed by atoms with van der Waals surface area (Å²) in [5.74, 6) is -0.606. The normalized spacial score (nSPS) is 23.1. The quantitative estimate of drug-likeness (QED) is 0.909. The molecule has 104 valence electrons. The predicted octanol–water partition coefficient (Wildman–Crippen LogP) is 2.67. The number of carbonyl (C=O) groups is 2. The fraction of sp³-hybridized carbons (Fsp3) is 0.500. The van der Waals surface area contributed by atoms with Gasteiger partial charge >= 0.3 is 5.97 Å². The third-order valence-corrected chi connectivity index (χ3v) is 4.96. The van der Waals surface area contributed by atoms with Crippen LogP contribution in [0.3, 0.4) is 0 Å². The van der Waals surface area contributed by atoms with Crippen LogP contribution in [0.2, 0.25) is 0 Å². The van der Waals surface area contributed by atoms with E-state index < -0.39 is 12.0 Å². The number of carboxylic acids is 1. The van der Waals surface area contributed by atoms with Gasteiger partial charge in [0.1, 0.15) is 6.04 Å². The number of halogens is 1. The molecule has 1 N–H and O–H groups in total. The second-order valence-corrected chi connectivity index (χ2v) is 6.57. The molecular formula is C12H14BrNO4S. The molecule has 0 aliphatic carbocycles. The first-order chi connectivity index (χ1) is 8.91. The highest BCUT2D eigenvalue weighted by Gasteiger charge is 2.43. The minimum absolute atomic E-state index is 0.141. The van der Waals surface area contributed by atoms with Gasteiger partial charge in [0.15, 0.2) is 10.4 Å². The summed E-state index contributed by atoms with van der Waals surface area (Å²) in [4.78, 5) is 25.1. The smallest absolute Gasteiger partial charge is 0.327 e. The van der Waals surface area contributed by atoms with E-state index in [9.17, 15) is 14.7 Å². The van der Waals surface area contributed by atoms with E-state index in [2.05, 4.69) is 15.9 Å². The highest BCUT2D eigenvalue weighted by atomic mass is 79.9. The lowest BCUT2D eigenvalue weighted by Gasteiger charge is -2.28. The Kier molecular flexibility index (Phi) is 4.25. The highest BCUT2D eigenvalue weighted by Crippen LogP contribution is 2.35. The summed E-state index contributed by atoms with van der Waals surface area (Å²) >= 11 is 4.63.